The van der Waals surface area contributed by atoms with Gasteiger partial charge in [-0.25, -0.2) is 4.98 Å². The van der Waals surface area contributed by atoms with E-state index in [0.29, 0.717) is 12.1 Å². The zero-order chi connectivity index (χ0) is 11.4. The highest BCUT2D eigenvalue weighted by molar-refractivity contribution is 5.75. The summed E-state index contributed by atoms with van der Waals surface area (Å²) < 4.78 is 7.17. The minimum Gasteiger partial charge on any atom is -1.00 e. The number of imidazole rings is 1. The largest absolute Gasteiger partial charge is 1.00 e. The molecule has 2 rings (SSSR count). The molecule has 0 aliphatic carbocycles. The number of hydrogen-bond acceptors (Lipinski definition) is 3. The molecule has 0 aliphatic heterocycles. The van der Waals surface area contributed by atoms with Crippen molar-refractivity contribution in [2.45, 2.75) is 6.54 Å². The van der Waals surface area contributed by atoms with Crippen molar-refractivity contribution >= 4 is 6.29 Å². The van der Waals surface area contributed by atoms with Gasteiger partial charge in [0.15, 0.2) is 0 Å². The van der Waals surface area contributed by atoms with Crippen LogP contribution in [0, 0.1) is 0 Å². The third-order valence-corrected chi connectivity index (χ3v) is 2.35. The number of halogens is 1. The number of rotatable bonds is 4. The summed E-state index contributed by atoms with van der Waals surface area (Å²) in [5.74, 6) is 0.777. The molecule has 1 heterocycles. The smallest absolute Gasteiger partial charge is 0.150 e. The molecule has 0 unspecified atom stereocenters. The van der Waals surface area contributed by atoms with E-state index in [2.05, 4.69) is 4.98 Å². The van der Waals surface area contributed by atoms with Crippen LogP contribution >= 0.6 is 0 Å². The van der Waals surface area contributed by atoms with Crippen molar-refractivity contribution in [3.05, 3.63) is 48.0 Å². The zero-order valence-corrected chi connectivity index (χ0v) is 10.1. The molecule has 90 valence electrons. The summed E-state index contributed by atoms with van der Waals surface area (Å²) in [5.41, 5.74) is 1.61. The van der Waals surface area contributed by atoms with Crippen LogP contribution < -0.4 is 17.1 Å². The van der Waals surface area contributed by atoms with Crippen LogP contribution in [0.15, 0.2) is 36.9 Å². The second-order valence-corrected chi connectivity index (χ2v) is 3.42. The molecule has 17 heavy (non-hydrogen) atoms. The van der Waals surface area contributed by atoms with Gasteiger partial charge in [0.2, 0.25) is 0 Å². The molecule has 0 spiro atoms. The Morgan fingerprint density at radius 2 is 2.29 bits per heavy atom. The van der Waals surface area contributed by atoms with Crippen molar-refractivity contribution in [1.82, 2.24) is 9.55 Å². The number of carbonyl (C=O) groups is 1. The van der Waals surface area contributed by atoms with Gasteiger partial charge in [0.25, 0.3) is 0 Å². The van der Waals surface area contributed by atoms with Gasteiger partial charge in [-0.05, 0) is 18.2 Å². The third-order valence-electron chi connectivity index (χ3n) is 2.35. The Bertz CT molecular complexity index is 483. The van der Waals surface area contributed by atoms with Crippen molar-refractivity contribution in [1.29, 1.82) is 0 Å². The summed E-state index contributed by atoms with van der Waals surface area (Å²) in [7, 11) is 1.62. The lowest BCUT2D eigenvalue weighted by atomic mass is 10.1. The Hall–Kier alpha value is -1.81. The van der Waals surface area contributed by atoms with E-state index in [4.69, 9.17) is 4.74 Å². The molecular formula is C12H12ClN2O2-. The van der Waals surface area contributed by atoms with Gasteiger partial charge in [-0.1, -0.05) is 0 Å². The van der Waals surface area contributed by atoms with E-state index in [-0.39, 0.29) is 12.4 Å². The lowest BCUT2D eigenvalue weighted by Gasteiger charge is -2.09. The Kier molecular flexibility index (Phi) is 4.72. The zero-order valence-electron chi connectivity index (χ0n) is 9.34. The van der Waals surface area contributed by atoms with Crippen LogP contribution in [-0.4, -0.2) is 22.9 Å². The second-order valence-electron chi connectivity index (χ2n) is 3.42. The normalized spacial score (nSPS) is 9.47. The van der Waals surface area contributed by atoms with E-state index in [0.717, 1.165) is 17.6 Å². The molecular weight excluding hydrogens is 240 g/mol. The topological polar surface area (TPSA) is 44.1 Å². The van der Waals surface area contributed by atoms with Crippen LogP contribution in [-0.2, 0) is 6.54 Å². The SMILES string of the molecule is COc1ccc(C=O)cc1Cn1ccnc1.[Cl-]. The minimum atomic E-state index is 0. The van der Waals surface area contributed by atoms with Gasteiger partial charge in [-0.15, -0.1) is 0 Å². The summed E-state index contributed by atoms with van der Waals surface area (Å²) in [4.78, 5) is 14.7. The molecule has 2 aromatic rings. The molecule has 1 aromatic carbocycles. The van der Waals surface area contributed by atoms with Crippen LogP contribution in [0.5, 0.6) is 5.75 Å². The molecule has 0 saturated heterocycles. The lowest BCUT2D eigenvalue weighted by molar-refractivity contribution is -0.0000100. The Balaban J connectivity index is 0.00000144. The molecule has 4 nitrogen and oxygen atoms in total. The van der Waals surface area contributed by atoms with Crippen molar-refractivity contribution in [3.8, 4) is 5.75 Å². The average molecular weight is 252 g/mol. The number of nitrogens with zero attached hydrogens (tertiary/aromatic N) is 2. The first kappa shape index (κ1) is 13.3. The van der Waals surface area contributed by atoms with Gasteiger partial charge in [-0.3, -0.25) is 4.79 Å². The number of methoxy groups -OCH3 is 1. The van der Waals surface area contributed by atoms with E-state index in [1.807, 2.05) is 16.8 Å². The van der Waals surface area contributed by atoms with Crippen LogP contribution in [0.1, 0.15) is 15.9 Å². The summed E-state index contributed by atoms with van der Waals surface area (Å²) >= 11 is 0. The van der Waals surface area contributed by atoms with E-state index >= 15 is 0 Å². The monoisotopic (exact) mass is 251 g/mol. The summed E-state index contributed by atoms with van der Waals surface area (Å²) in [6, 6.07) is 5.37. The molecule has 0 radical (unpaired) electrons. The highest BCUT2D eigenvalue weighted by Gasteiger charge is 2.04. The van der Waals surface area contributed by atoms with Crippen LogP contribution in [0.4, 0.5) is 0 Å². The van der Waals surface area contributed by atoms with Crippen molar-refractivity contribution < 1.29 is 21.9 Å². The first-order chi connectivity index (χ1) is 7.83. The summed E-state index contributed by atoms with van der Waals surface area (Å²) in [6.07, 6.45) is 6.15. The van der Waals surface area contributed by atoms with Gasteiger partial charge in [0.05, 0.1) is 20.0 Å². The quantitative estimate of drug-likeness (QED) is 0.639. The van der Waals surface area contributed by atoms with Crippen molar-refractivity contribution in [3.63, 3.8) is 0 Å². The van der Waals surface area contributed by atoms with Gasteiger partial charge < -0.3 is 21.7 Å². The third kappa shape index (κ3) is 3.07. The van der Waals surface area contributed by atoms with Gasteiger partial charge in [-0.2, -0.15) is 0 Å². The Labute approximate surface area is 106 Å². The molecule has 1 aromatic heterocycles. The molecule has 0 bridgehead atoms. The Morgan fingerprint density at radius 1 is 1.47 bits per heavy atom. The number of carbonyl (C=O) groups excluding carboxylic acids is 1. The molecule has 5 heteroatoms. The number of benzene rings is 1. The molecule has 0 aliphatic rings. The van der Waals surface area contributed by atoms with Crippen molar-refractivity contribution in [2.24, 2.45) is 0 Å². The fourth-order valence-electron chi connectivity index (χ4n) is 1.57. The predicted molar refractivity (Wildman–Crippen MR) is 59.7 cm³/mol. The molecule has 0 atom stereocenters. The number of aromatic nitrogens is 2. The fraction of sp³-hybridized carbons (Fsp3) is 0.167. The predicted octanol–water partition coefficient (Wildman–Crippen LogP) is -1.24. The maximum absolute atomic E-state index is 10.7. The van der Waals surface area contributed by atoms with E-state index in [1.165, 1.54) is 0 Å². The first-order valence-electron chi connectivity index (χ1n) is 4.91. The molecule has 0 fully saturated rings. The highest BCUT2D eigenvalue weighted by Crippen LogP contribution is 2.20. The maximum Gasteiger partial charge on any atom is 0.150 e. The highest BCUT2D eigenvalue weighted by atomic mass is 35.5. The second kappa shape index (κ2) is 6.06. The van der Waals surface area contributed by atoms with Crippen molar-refractivity contribution in [2.75, 3.05) is 7.11 Å². The van der Waals surface area contributed by atoms with E-state index < -0.39 is 0 Å². The number of aldehydes is 1. The number of ether oxygens (including phenoxy) is 1. The average Bonchev–Trinajstić information content (AvgIpc) is 2.82. The molecule has 0 amide bonds. The standard InChI is InChI=1S/C12H12N2O2.ClH/c1-16-12-3-2-10(8-15)6-11(12)7-14-5-4-13-9-14;/h2-6,8-9H,7H2,1H3;1H/p-1. The molecule has 0 N–H and O–H groups in total. The van der Waals surface area contributed by atoms with Crippen LogP contribution in [0.3, 0.4) is 0 Å². The Morgan fingerprint density at radius 3 is 2.88 bits per heavy atom. The van der Waals surface area contributed by atoms with Gasteiger partial charge in [0.1, 0.15) is 12.0 Å². The van der Waals surface area contributed by atoms with Gasteiger partial charge in [0, 0.05) is 23.5 Å². The lowest BCUT2D eigenvalue weighted by Crippen LogP contribution is -3.00. The number of hydrogen-bond donors (Lipinski definition) is 0. The van der Waals surface area contributed by atoms with Gasteiger partial charge >= 0.3 is 0 Å². The summed E-state index contributed by atoms with van der Waals surface area (Å²) in [6.45, 7) is 0.644. The first-order valence-corrected chi connectivity index (χ1v) is 4.91. The maximum atomic E-state index is 10.7. The fourth-order valence-corrected chi connectivity index (χ4v) is 1.57. The van der Waals surface area contributed by atoms with E-state index in [9.17, 15) is 4.79 Å². The molecule has 0 saturated carbocycles. The summed E-state index contributed by atoms with van der Waals surface area (Å²) in [5, 5.41) is 0. The van der Waals surface area contributed by atoms with Crippen LogP contribution in [0.25, 0.3) is 0 Å². The van der Waals surface area contributed by atoms with E-state index in [1.54, 1.807) is 31.8 Å². The minimum absolute atomic E-state index is 0. The van der Waals surface area contributed by atoms with Crippen LogP contribution in [0.2, 0.25) is 0 Å².